The maximum Gasteiger partial charge on any atom is 0.304 e. The molecule has 1 aromatic rings. The number of carboxylic acids is 1. The Labute approximate surface area is 107 Å². The SMILES string of the molecule is CC(C)(N)C(CC(=O)O)c1ccc2c(c1)CCO2. The van der Waals surface area contributed by atoms with Gasteiger partial charge in [0.2, 0.25) is 0 Å². The van der Waals surface area contributed by atoms with E-state index in [9.17, 15) is 4.79 Å². The van der Waals surface area contributed by atoms with E-state index >= 15 is 0 Å². The molecular weight excluding hydrogens is 230 g/mol. The topological polar surface area (TPSA) is 72.6 Å². The molecule has 2 rings (SSSR count). The van der Waals surface area contributed by atoms with E-state index < -0.39 is 11.5 Å². The Morgan fingerprint density at radius 1 is 1.56 bits per heavy atom. The molecule has 0 saturated carbocycles. The minimum atomic E-state index is -0.824. The quantitative estimate of drug-likeness (QED) is 0.855. The molecule has 1 aliphatic rings. The minimum absolute atomic E-state index is 0.0448. The van der Waals surface area contributed by atoms with Crippen molar-refractivity contribution >= 4 is 5.97 Å². The summed E-state index contributed by atoms with van der Waals surface area (Å²) in [6, 6.07) is 5.87. The van der Waals surface area contributed by atoms with Gasteiger partial charge in [0.15, 0.2) is 0 Å². The lowest BCUT2D eigenvalue weighted by Gasteiger charge is -2.30. The molecule has 3 N–H and O–H groups in total. The van der Waals surface area contributed by atoms with Crippen LogP contribution in [0.25, 0.3) is 0 Å². The van der Waals surface area contributed by atoms with Crippen LogP contribution in [0, 0.1) is 0 Å². The number of benzene rings is 1. The van der Waals surface area contributed by atoms with Gasteiger partial charge in [0.1, 0.15) is 5.75 Å². The first kappa shape index (κ1) is 12.9. The summed E-state index contributed by atoms with van der Waals surface area (Å²) in [6.07, 6.45) is 0.928. The number of rotatable bonds is 4. The fourth-order valence-corrected chi connectivity index (χ4v) is 2.41. The molecule has 0 spiro atoms. The number of fused-ring (bicyclic) bond motifs is 1. The summed E-state index contributed by atoms with van der Waals surface area (Å²) < 4.78 is 5.45. The van der Waals surface area contributed by atoms with Crippen molar-refractivity contribution in [1.29, 1.82) is 0 Å². The monoisotopic (exact) mass is 249 g/mol. The van der Waals surface area contributed by atoms with Gasteiger partial charge in [-0.05, 0) is 31.0 Å². The van der Waals surface area contributed by atoms with Gasteiger partial charge < -0.3 is 15.6 Å². The molecule has 0 aliphatic carbocycles. The van der Waals surface area contributed by atoms with Gasteiger partial charge in [0.05, 0.1) is 13.0 Å². The van der Waals surface area contributed by atoms with Crippen LogP contribution in [0.4, 0.5) is 0 Å². The van der Waals surface area contributed by atoms with Gasteiger partial charge in [-0.2, -0.15) is 0 Å². The normalized spacial score (nSPS) is 15.9. The maximum absolute atomic E-state index is 11.0. The molecule has 0 bridgehead atoms. The van der Waals surface area contributed by atoms with E-state index in [2.05, 4.69) is 0 Å². The Bertz CT molecular complexity index is 463. The van der Waals surface area contributed by atoms with Gasteiger partial charge in [-0.15, -0.1) is 0 Å². The summed E-state index contributed by atoms with van der Waals surface area (Å²) in [4.78, 5) is 11.0. The number of aliphatic carboxylic acids is 1. The highest BCUT2D eigenvalue weighted by Gasteiger charge is 2.30. The number of hydrogen-bond donors (Lipinski definition) is 2. The van der Waals surface area contributed by atoms with Crippen molar-refractivity contribution in [1.82, 2.24) is 0 Å². The van der Waals surface area contributed by atoms with Crippen molar-refractivity contribution in [2.75, 3.05) is 6.61 Å². The second-order valence-electron chi connectivity index (χ2n) is 5.44. The van der Waals surface area contributed by atoms with E-state index in [1.54, 1.807) is 0 Å². The Morgan fingerprint density at radius 3 is 2.89 bits per heavy atom. The van der Waals surface area contributed by atoms with E-state index in [0.29, 0.717) is 6.61 Å². The van der Waals surface area contributed by atoms with Crippen LogP contribution >= 0.6 is 0 Å². The van der Waals surface area contributed by atoms with E-state index in [1.807, 2.05) is 32.0 Å². The number of ether oxygens (including phenoxy) is 1. The van der Waals surface area contributed by atoms with Crippen molar-refractivity contribution < 1.29 is 14.6 Å². The van der Waals surface area contributed by atoms with Crippen molar-refractivity contribution in [2.45, 2.75) is 38.1 Å². The minimum Gasteiger partial charge on any atom is -0.493 e. The third-order valence-corrected chi connectivity index (χ3v) is 3.39. The van der Waals surface area contributed by atoms with Crippen LogP contribution in [0.15, 0.2) is 18.2 Å². The molecule has 1 aromatic carbocycles. The average Bonchev–Trinajstić information content (AvgIpc) is 2.70. The van der Waals surface area contributed by atoms with Crippen LogP contribution in [0.3, 0.4) is 0 Å². The van der Waals surface area contributed by atoms with Crippen molar-refractivity contribution in [3.05, 3.63) is 29.3 Å². The number of hydrogen-bond acceptors (Lipinski definition) is 3. The molecule has 98 valence electrons. The van der Waals surface area contributed by atoms with Gasteiger partial charge in [-0.25, -0.2) is 0 Å². The molecule has 0 amide bonds. The molecule has 0 aromatic heterocycles. The average molecular weight is 249 g/mol. The van der Waals surface area contributed by atoms with Crippen LogP contribution in [0.2, 0.25) is 0 Å². The fraction of sp³-hybridized carbons (Fsp3) is 0.500. The molecule has 0 saturated heterocycles. The summed E-state index contributed by atoms with van der Waals surface area (Å²) >= 11 is 0. The zero-order valence-electron chi connectivity index (χ0n) is 10.8. The predicted octanol–water partition coefficient (Wildman–Crippen LogP) is 1.92. The zero-order chi connectivity index (χ0) is 13.3. The van der Waals surface area contributed by atoms with Crippen LogP contribution in [-0.4, -0.2) is 23.2 Å². The highest BCUT2D eigenvalue weighted by Crippen LogP contribution is 2.34. The maximum atomic E-state index is 11.0. The Hall–Kier alpha value is -1.55. The van der Waals surface area contributed by atoms with Crippen molar-refractivity contribution in [2.24, 2.45) is 5.73 Å². The van der Waals surface area contributed by atoms with E-state index in [1.165, 1.54) is 0 Å². The lowest BCUT2D eigenvalue weighted by atomic mass is 9.80. The second-order valence-corrected chi connectivity index (χ2v) is 5.44. The van der Waals surface area contributed by atoms with Gasteiger partial charge >= 0.3 is 5.97 Å². The lowest BCUT2D eigenvalue weighted by molar-refractivity contribution is -0.137. The second kappa shape index (κ2) is 4.61. The number of nitrogens with two attached hydrogens (primary N) is 1. The van der Waals surface area contributed by atoms with Gasteiger partial charge in [-0.1, -0.05) is 12.1 Å². The molecular formula is C14H19NO3. The van der Waals surface area contributed by atoms with E-state index in [4.69, 9.17) is 15.6 Å². The largest absolute Gasteiger partial charge is 0.493 e. The molecule has 1 aliphatic heterocycles. The van der Waals surface area contributed by atoms with E-state index in [0.717, 1.165) is 23.3 Å². The van der Waals surface area contributed by atoms with Gasteiger partial charge in [0, 0.05) is 17.9 Å². The van der Waals surface area contributed by atoms with Crippen LogP contribution in [0.1, 0.15) is 37.3 Å². The zero-order valence-corrected chi connectivity index (χ0v) is 10.8. The molecule has 0 fully saturated rings. The Balaban J connectivity index is 2.33. The standard InChI is InChI=1S/C14H19NO3/c1-14(2,15)11(8-13(16)17)9-3-4-12-10(7-9)5-6-18-12/h3-4,7,11H,5-6,8,15H2,1-2H3,(H,16,17). The van der Waals surface area contributed by atoms with Crippen molar-refractivity contribution in [3.63, 3.8) is 0 Å². The van der Waals surface area contributed by atoms with Crippen LogP contribution in [0.5, 0.6) is 5.75 Å². The van der Waals surface area contributed by atoms with E-state index in [-0.39, 0.29) is 12.3 Å². The van der Waals surface area contributed by atoms with Crippen molar-refractivity contribution in [3.8, 4) is 5.75 Å². The first-order chi connectivity index (χ1) is 8.38. The molecule has 4 heteroatoms. The molecule has 1 unspecified atom stereocenters. The Morgan fingerprint density at radius 2 is 2.28 bits per heavy atom. The highest BCUT2D eigenvalue weighted by molar-refractivity contribution is 5.68. The lowest BCUT2D eigenvalue weighted by Crippen LogP contribution is -2.40. The highest BCUT2D eigenvalue weighted by atomic mass is 16.5. The molecule has 18 heavy (non-hydrogen) atoms. The summed E-state index contributed by atoms with van der Waals surface area (Å²) in [5.74, 6) is -0.112. The first-order valence-corrected chi connectivity index (χ1v) is 6.14. The summed E-state index contributed by atoms with van der Waals surface area (Å²) in [7, 11) is 0. The third kappa shape index (κ3) is 2.64. The molecule has 1 heterocycles. The van der Waals surface area contributed by atoms with Gasteiger partial charge in [-0.3, -0.25) is 4.79 Å². The summed E-state index contributed by atoms with van der Waals surface area (Å²) in [6.45, 7) is 4.43. The van der Waals surface area contributed by atoms with Gasteiger partial charge in [0.25, 0.3) is 0 Å². The smallest absolute Gasteiger partial charge is 0.304 e. The first-order valence-electron chi connectivity index (χ1n) is 6.14. The summed E-state index contributed by atoms with van der Waals surface area (Å²) in [5.41, 5.74) is 7.67. The third-order valence-electron chi connectivity index (χ3n) is 3.39. The Kier molecular flexibility index (Phi) is 3.30. The van der Waals surface area contributed by atoms with Crippen LogP contribution in [-0.2, 0) is 11.2 Å². The number of carboxylic acid groups (broad SMARTS) is 1. The molecule has 0 radical (unpaired) electrons. The molecule has 4 nitrogen and oxygen atoms in total. The fourth-order valence-electron chi connectivity index (χ4n) is 2.41. The number of carbonyl (C=O) groups is 1. The summed E-state index contributed by atoms with van der Waals surface area (Å²) in [5, 5.41) is 9.02. The predicted molar refractivity (Wildman–Crippen MR) is 68.9 cm³/mol. The van der Waals surface area contributed by atoms with Crippen LogP contribution < -0.4 is 10.5 Å². The molecule has 1 atom stereocenters.